The Bertz CT molecular complexity index is 504. The summed E-state index contributed by atoms with van der Waals surface area (Å²) in [5, 5.41) is 0. The van der Waals surface area contributed by atoms with E-state index in [0.717, 1.165) is 13.2 Å². The van der Waals surface area contributed by atoms with Crippen LogP contribution >= 0.6 is 0 Å². The number of rotatable bonds is 7. The van der Waals surface area contributed by atoms with E-state index in [-0.39, 0.29) is 5.76 Å². The molecule has 0 aromatic carbocycles. The second-order valence-electron chi connectivity index (χ2n) is 6.40. The molecule has 25 heavy (non-hydrogen) atoms. The minimum absolute atomic E-state index is 0.0157. The monoisotopic (exact) mass is 402 g/mol. The third-order valence-electron chi connectivity index (χ3n) is 3.23. The van der Waals surface area contributed by atoms with Crippen molar-refractivity contribution in [2.24, 2.45) is 0 Å². The second kappa shape index (κ2) is 7.03. The molecule has 0 bridgehead atoms. The Kier molecular flexibility index (Phi) is 6.23. The summed E-state index contributed by atoms with van der Waals surface area (Å²) in [6.45, 7) is 4.52. The van der Waals surface area contributed by atoms with E-state index in [0.29, 0.717) is 0 Å². The van der Waals surface area contributed by atoms with Crippen molar-refractivity contribution in [3.05, 3.63) is 11.8 Å². The SMILES string of the molecule is COC1C=C(O[Si](C)(C)C)COC1C(F)(F)C(F)(F)C(F)(F)C(F)F. The first-order chi connectivity index (χ1) is 11.1. The summed E-state index contributed by atoms with van der Waals surface area (Å²) in [5.41, 5.74) is 0. The summed E-state index contributed by atoms with van der Waals surface area (Å²) in [5.74, 6) is -18.2. The van der Waals surface area contributed by atoms with Crippen LogP contribution in [0, 0.1) is 0 Å². The summed E-state index contributed by atoms with van der Waals surface area (Å²) in [6, 6.07) is 0. The molecule has 0 aromatic rings. The fourth-order valence-corrected chi connectivity index (χ4v) is 3.00. The van der Waals surface area contributed by atoms with Crippen LogP contribution in [0.5, 0.6) is 0 Å². The third-order valence-corrected chi connectivity index (χ3v) is 4.11. The van der Waals surface area contributed by atoms with E-state index in [9.17, 15) is 35.1 Å². The van der Waals surface area contributed by atoms with Crippen molar-refractivity contribution < 1.29 is 49.0 Å². The lowest BCUT2D eigenvalue weighted by Crippen LogP contribution is -2.65. The van der Waals surface area contributed by atoms with E-state index in [2.05, 4.69) is 9.47 Å². The predicted molar refractivity (Wildman–Crippen MR) is 73.9 cm³/mol. The van der Waals surface area contributed by atoms with E-state index in [4.69, 9.17) is 4.43 Å². The predicted octanol–water partition coefficient (Wildman–Crippen LogP) is 4.31. The highest BCUT2D eigenvalue weighted by Crippen LogP contribution is 2.51. The summed E-state index contributed by atoms with van der Waals surface area (Å²) < 4.78 is 120. The maximum atomic E-state index is 14.0. The summed E-state index contributed by atoms with van der Waals surface area (Å²) in [7, 11) is -1.34. The van der Waals surface area contributed by atoms with E-state index >= 15 is 0 Å². The number of alkyl halides is 8. The van der Waals surface area contributed by atoms with Crippen molar-refractivity contribution in [1.29, 1.82) is 0 Å². The molecule has 148 valence electrons. The van der Waals surface area contributed by atoms with Crippen LogP contribution in [0.1, 0.15) is 0 Å². The fraction of sp³-hybridized carbons (Fsp3) is 0.846. The van der Waals surface area contributed by atoms with Crippen LogP contribution in [0.2, 0.25) is 19.6 Å². The molecule has 0 aromatic heterocycles. The van der Waals surface area contributed by atoms with Crippen LogP contribution in [0.3, 0.4) is 0 Å². The zero-order valence-electron chi connectivity index (χ0n) is 13.8. The molecule has 1 aliphatic heterocycles. The van der Waals surface area contributed by atoms with Crippen LogP contribution in [-0.4, -0.2) is 58.4 Å². The Labute approximate surface area is 140 Å². The molecule has 3 nitrogen and oxygen atoms in total. The Morgan fingerprint density at radius 2 is 1.64 bits per heavy atom. The van der Waals surface area contributed by atoms with Crippen LogP contribution in [0.4, 0.5) is 35.1 Å². The van der Waals surface area contributed by atoms with Gasteiger partial charge in [-0.05, 0) is 25.7 Å². The van der Waals surface area contributed by atoms with Crippen molar-refractivity contribution in [2.45, 2.75) is 56.0 Å². The zero-order valence-corrected chi connectivity index (χ0v) is 14.8. The van der Waals surface area contributed by atoms with Gasteiger partial charge in [-0.15, -0.1) is 0 Å². The van der Waals surface area contributed by atoms with Gasteiger partial charge in [0, 0.05) is 7.11 Å². The van der Waals surface area contributed by atoms with Gasteiger partial charge in [0.05, 0.1) is 0 Å². The van der Waals surface area contributed by atoms with Gasteiger partial charge in [0.15, 0.2) is 6.10 Å². The minimum Gasteiger partial charge on any atom is -0.546 e. The Balaban J connectivity index is 3.18. The molecule has 0 radical (unpaired) electrons. The summed E-state index contributed by atoms with van der Waals surface area (Å²) in [4.78, 5) is 0. The van der Waals surface area contributed by atoms with Gasteiger partial charge in [0.1, 0.15) is 18.5 Å². The molecule has 0 fully saturated rings. The molecule has 0 amide bonds. The fourth-order valence-electron chi connectivity index (χ4n) is 2.08. The van der Waals surface area contributed by atoms with Crippen molar-refractivity contribution in [2.75, 3.05) is 13.7 Å². The van der Waals surface area contributed by atoms with Crippen molar-refractivity contribution >= 4 is 8.32 Å². The van der Waals surface area contributed by atoms with E-state index in [1.165, 1.54) is 0 Å². The average Bonchev–Trinajstić information content (AvgIpc) is 2.44. The maximum Gasteiger partial charge on any atom is 0.380 e. The maximum absolute atomic E-state index is 14.0. The van der Waals surface area contributed by atoms with Crippen LogP contribution < -0.4 is 0 Å². The van der Waals surface area contributed by atoms with Crippen molar-refractivity contribution in [3.63, 3.8) is 0 Å². The largest absolute Gasteiger partial charge is 0.546 e. The van der Waals surface area contributed by atoms with Crippen LogP contribution in [-0.2, 0) is 13.9 Å². The Morgan fingerprint density at radius 1 is 1.12 bits per heavy atom. The molecule has 2 atom stereocenters. The highest BCUT2D eigenvalue weighted by atomic mass is 28.4. The highest BCUT2D eigenvalue weighted by molar-refractivity contribution is 6.70. The molecular weight excluding hydrogens is 384 g/mol. The van der Waals surface area contributed by atoms with Gasteiger partial charge in [-0.1, -0.05) is 0 Å². The van der Waals surface area contributed by atoms with Crippen molar-refractivity contribution in [3.8, 4) is 0 Å². The molecule has 0 saturated heterocycles. The van der Waals surface area contributed by atoms with Gasteiger partial charge < -0.3 is 13.9 Å². The number of methoxy groups -OCH3 is 1. The molecule has 0 aliphatic carbocycles. The lowest BCUT2D eigenvalue weighted by atomic mass is 9.94. The molecule has 1 aliphatic rings. The number of ether oxygens (including phenoxy) is 2. The topological polar surface area (TPSA) is 27.7 Å². The third kappa shape index (κ3) is 4.27. The van der Waals surface area contributed by atoms with Gasteiger partial charge >= 0.3 is 24.2 Å². The molecule has 0 N–H and O–H groups in total. The minimum atomic E-state index is -6.36. The van der Waals surface area contributed by atoms with Gasteiger partial charge in [0.25, 0.3) is 0 Å². The molecule has 2 unspecified atom stereocenters. The molecule has 0 spiro atoms. The lowest BCUT2D eigenvalue weighted by Gasteiger charge is -2.40. The lowest BCUT2D eigenvalue weighted by molar-refractivity contribution is -0.365. The van der Waals surface area contributed by atoms with Crippen LogP contribution in [0.15, 0.2) is 11.8 Å². The van der Waals surface area contributed by atoms with Gasteiger partial charge in [-0.25, -0.2) is 8.78 Å². The quantitative estimate of drug-likeness (QED) is 0.469. The molecule has 1 rings (SSSR count). The van der Waals surface area contributed by atoms with E-state index in [1.807, 2.05) is 0 Å². The smallest absolute Gasteiger partial charge is 0.380 e. The number of halogens is 8. The zero-order chi connectivity index (χ0) is 19.8. The normalized spacial score (nSPS) is 23.6. The number of hydrogen-bond donors (Lipinski definition) is 0. The first-order valence-electron chi connectivity index (χ1n) is 7.03. The molecular formula is C13H18F8O3Si. The van der Waals surface area contributed by atoms with Gasteiger partial charge in [-0.3, -0.25) is 0 Å². The summed E-state index contributed by atoms with van der Waals surface area (Å²) >= 11 is 0. The molecule has 1 heterocycles. The van der Waals surface area contributed by atoms with Gasteiger partial charge in [-0.2, -0.15) is 26.3 Å². The first-order valence-corrected chi connectivity index (χ1v) is 10.4. The second-order valence-corrected chi connectivity index (χ2v) is 10.8. The average molecular weight is 402 g/mol. The van der Waals surface area contributed by atoms with E-state index in [1.54, 1.807) is 19.6 Å². The van der Waals surface area contributed by atoms with Gasteiger partial charge in [0.2, 0.25) is 8.32 Å². The van der Waals surface area contributed by atoms with Crippen LogP contribution in [0.25, 0.3) is 0 Å². The molecule has 12 heteroatoms. The van der Waals surface area contributed by atoms with E-state index < -0.39 is 51.3 Å². The Hall–Kier alpha value is -0.883. The highest BCUT2D eigenvalue weighted by Gasteiger charge is 2.78. The van der Waals surface area contributed by atoms with Crippen molar-refractivity contribution in [1.82, 2.24) is 0 Å². The summed E-state index contributed by atoms with van der Waals surface area (Å²) in [6.07, 6.45) is -8.88. The standard InChI is InChI=1S/C13H18F8O3Si/c1-22-8-5-7(24-25(2,3)4)6-23-9(8)11(16,17)13(20,21)12(18,19)10(14)15/h5,8-10H,6H2,1-4H3. The first kappa shape index (κ1) is 22.2. The molecule has 0 saturated carbocycles. The number of hydrogen-bond acceptors (Lipinski definition) is 3. The Morgan fingerprint density at radius 3 is 2.04 bits per heavy atom.